The SMILES string of the molecule is COc1c(Br)cc(C=NNC(=O)[C@H]2C[C@@H]2c2ccc(C(C)(C)C)cc2)cc1Br. The van der Waals surface area contributed by atoms with Gasteiger partial charge in [-0.05, 0) is 78.4 Å². The summed E-state index contributed by atoms with van der Waals surface area (Å²) in [6, 6.07) is 12.4. The summed E-state index contributed by atoms with van der Waals surface area (Å²) < 4.78 is 6.92. The minimum absolute atomic E-state index is 0.00743. The quantitative estimate of drug-likeness (QED) is 0.412. The lowest BCUT2D eigenvalue weighted by Gasteiger charge is -2.19. The number of nitrogens with zero attached hydrogens (tertiary/aromatic N) is 1. The van der Waals surface area contributed by atoms with Gasteiger partial charge in [0.15, 0.2) is 0 Å². The molecule has 0 saturated heterocycles. The van der Waals surface area contributed by atoms with Gasteiger partial charge in [0.25, 0.3) is 0 Å². The van der Waals surface area contributed by atoms with Gasteiger partial charge in [0.1, 0.15) is 5.75 Å². The van der Waals surface area contributed by atoms with Gasteiger partial charge in [-0.1, -0.05) is 45.0 Å². The Balaban J connectivity index is 1.57. The number of carbonyl (C=O) groups is 1. The zero-order chi connectivity index (χ0) is 20.5. The van der Waals surface area contributed by atoms with Crippen molar-refractivity contribution in [3.05, 3.63) is 62.0 Å². The predicted octanol–water partition coefficient (Wildman–Crippen LogP) is 5.77. The molecule has 1 saturated carbocycles. The van der Waals surface area contributed by atoms with Gasteiger partial charge in [-0.2, -0.15) is 5.10 Å². The molecule has 0 unspecified atom stereocenters. The van der Waals surface area contributed by atoms with Crippen LogP contribution in [0.4, 0.5) is 0 Å². The van der Waals surface area contributed by atoms with Crippen LogP contribution in [0.2, 0.25) is 0 Å². The first kappa shape index (κ1) is 21.1. The molecular weight excluding hydrogens is 484 g/mol. The summed E-state index contributed by atoms with van der Waals surface area (Å²) >= 11 is 6.92. The maximum Gasteiger partial charge on any atom is 0.243 e. The third kappa shape index (κ3) is 4.84. The number of rotatable bonds is 5. The van der Waals surface area contributed by atoms with Crippen molar-refractivity contribution in [2.45, 2.75) is 38.5 Å². The van der Waals surface area contributed by atoms with Gasteiger partial charge >= 0.3 is 0 Å². The standard InChI is InChI=1S/C22H24Br2N2O2/c1-22(2,3)15-7-5-14(6-8-15)16-11-17(16)21(27)26-25-12-13-9-18(23)20(28-4)19(24)10-13/h5-10,12,16-17H,11H2,1-4H3,(H,26,27)/t16-,17+/m1/s1. The average Bonchev–Trinajstić information content (AvgIpc) is 3.42. The molecule has 1 fully saturated rings. The third-order valence-corrected chi connectivity index (χ3v) is 6.12. The van der Waals surface area contributed by atoms with Crippen molar-refractivity contribution in [3.63, 3.8) is 0 Å². The van der Waals surface area contributed by atoms with Crippen molar-refractivity contribution in [1.29, 1.82) is 0 Å². The van der Waals surface area contributed by atoms with Crippen LogP contribution in [-0.4, -0.2) is 19.2 Å². The number of nitrogens with one attached hydrogen (secondary N) is 1. The highest BCUT2D eigenvalue weighted by Gasteiger charge is 2.44. The fraction of sp³-hybridized carbons (Fsp3) is 0.364. The van der Waals surface area contributed by atoms with Crippen LogP contribution in [0.25, 0.3) is 0 Å². The van der Waals surface area contributed by atoms with Gasteiger partial charge in [0, 0.05) is 5.92 Å². The number of benzene rings is 2. The molecule has 1 aliphatic carbocycles. The number of carbonyl (C=O) groups excluding carboxylic acids is 1. The van der Waals surface area contributed by atoms with Crippen LogP contribution in [-0.2, 0) is 10.2 Å². The smallest absolute Gasteiger partial charge is 0.243 e. The number of methoxy groups -OCH3 is 1. The van der Waals surface area contributed by atoms with Gasteiger partial charge in [-0.15, -0.1) is 0 Å². The molecule has 6 heteroatoms. The molecule has 28 heavy (non-hydrogen) atoms. The Bertz CT molecular complexity index is 879. The predicted molar refractivity (Wildman–Crippen MR) is 120 cm³/mol. The summed E-state index contributed by atoms with van der Waals surface area (Å²) in [5.41, 5.74) is 6.18. The number of hydrazone groups is 1. The van der Waals surface area contributed by atoms with Crippen LogP contribution in [0.3, 0.4) is 0 Å². The van der Waals surface area contributed by atoms with E-state index >= 15 is 0 Å². The molecule has 0 heterocycles. The van der Waals surface area contributed by atoms with E-state index in [0.717, 1.165) is 26.7 Å². The summed E-state index contributed by atoms with van der Waals surface area (Å²) in [4.78, 5) is 12.4. The average molecular weight is 508 g/mol. The van der Waals surface area contributed by atoms with Crippen molar-refractivity contribution in [2.24, 2.45) is 11.0 Å². The van der Waals surface area contributed by atoms with Crippen molar-refractivity contribution in [3.8, 4) is 5.75 Å². The van der Waals surface area contributed by atoms with Crippen molar-refractivity contribution in [1.82, 2.24) is 5.43 Å². The first-order chi connectivity index (χ1) is 13.2. The monoisotopic (exact) mass is 506 g/mol. The first-order valence-corrected chi connectivity index (χ1v) is 10.8. The highest BCUT2D eigenvalue weighted by atomic mass is 79.9. The van der Waals surface area contributed by atoms with Crippen molar-refractivity contribution < 1.29 is 9.53 Å². The van der Waals surface area contributed by atoms with E-state index in [1.165, 1.54) is 11.1 Å². The molecule has 2 atom stereocenters. The Morgan fingerprint density at radius 3 is 2.32 bits per heavy atom. The second-order valence-corrected chi connectivity index (χ2v) is 9.78. The maximum atomic E-state index is 12.4. The Morgan fingerprint density at radius 1 is 1.18 bits per heavy atom. The van der Waals surface area contributed by atoms with E-state index in [2.05, 4.69) is 87.4 Å². The molecule has 2 aromatic rings. The second kappa shape index (κ2) is 8.37. The molecule has 1 N–H and O–H groups in total. The minimum Gasteiger partial charge on any atom is -0.494 e. The van der Waals surface area contributed by atoms with E-state index < -0.39 is 0 Å². The zero-order valence-electron chi connectivity index (χ0n) is 16.4. The molecule has 0 spiro atoms. The molecule has 0 aromatic heterocycles. The summed E-state index contributed by atoms with van der Waals surface area (Å²) in [6.45, 7) is 6.61. The van der Waals surface area contributed by atoms with Crippen LogP contribution in [0, 0.1) is 5.92 Å². The van der Waals surface area contributed by atoms with E-state index in [1.807, 2.05) is 12.1 Å². The molecule has 1 aliphatic rings. The molecule has 0 radical (unpaired) electrons. The number of halogens is 2. The van der Waals surface area contributed by atoms with Crippen LogP contribution in [0.5, 0.6) is 5.75 Å². The Labute approximate surface area is 183 Å². The van der Waals surface area contributed by atoms with Crippen LogP contribution < -0.4 is 10.2 Å². The number of hydrogen-bond acceptors (Lipinski definition) is 3. The molecule has 0 bridgehead atoms. The van der Waals surface area contributed by atoms with Gasteiger partial charge < -0.3 is 4.74 Å². The minimum atomic E-state index is -0.0345. The highest BCUT2D eigenvalue weighted by molar-refractivity contribution is 9.11. The number of amides is 1. The highest BCUT2D eigenvalue weighted by Crippen LogP contribution is 2.47. The molecule has 4 nitrogen and oxygen atoms in total. The van der Waals surface area contributed by atoms with Gasteiger partial charge in [-0.3, -0.25) is 4.79 Å². The molecular formula is C22H24Br2N2O2. The lowest BCUT2D eigenvalue weighted by molar-refractivity contribution is -0.122. The van der Waals surface area contributed by atoms with E-state index in [9.17, 15) is 4.79 Å². The molecule has 0 aliphatic heterocycles. The van der Waals surface area contributed by atoms with E-state index in [0.29, 0.717) is 0 Å². The van der Waals surface area contributed by atoms with Gasteiger partial charge in [0.2, 0.25) is 5.91 Å². The van der Waals surface area contributed by atoms with Crippen LogP contribution in [0.1, 0.15) is 49.8 Å². The Hall–Kier alpha value is -1.66. The van der Waals surface area contributed by atoms with Crippen molar-refractivity contribution >= 4 is 44.0 Å². The molecule has 1 amide bonds. The third-order valence-electron chi connectivity index (χ3n) is 4.95. The molecule has 2 aromatic carbocycles. The summed E-state index contributed by atoms with van der Waals surface area (Å²) in [5.74, 6) is 0.966. The van der Waals surface area contributed by atoms with Gasteiger partial charge in [-0.25, -0.2) is 5.43 Å². The summed E-state index contributed by atoms with van der Waals surface area (Å²) in [6.07, 6.45) is 2.50. The van der Waals surface area contributed by atoms with E-state index in [-0.39, 0.29) is 23.2 Å². The van der Waals surface area contributed by atoms with Crippen LogP contribution in [0.15, 0.2) is 50.4 Å². The number of hydrogen-bond donors (Lipinski definition) is 1. The summed E-state index contributed by atoms with van der Waals surface area (Å²) in [5, 5.41) is 4.11. The lowest BCUT2D eigenvalue weighted by Crippen LogP contribution is -2.20. The van der Waals surface area contributed by atoms with Crippen molar-refractivity contribution in [2.75, 3.05) is 7.11 Å². The van der Waals surface area contributed by atoms with E-state index in [4.69, 9.17) is 4.74 Å². The Kier molecular flexibility index (Phi) is 6.30. The largest absolute Gasteiger partial charge is 0.494 e. The first-order valence-electron chi connectivity index (χ1n) is 9.17. The summed E-state index contributed by atoms with van der Waals surface area (Å²) in [7, 11) is 1.61. The molecule has 148 valence electrons. The fourth-order valence-electron chi connectivity index (χ4n) is 3.19. The maximum absolute atomic E-state index is 12.4. The van der Waals surface area contributed by atoms with E-state index in [1.54, 1.807) is 13.3 Å². The Morgan fingerprint density at radius 2 is 1.79 bits per heavy atom. The zero-order valence-corrected chi connectivity index (χ0v) is 19.6. The molecule has 3 rings (SSSR count). The van der Waals surface area contributed by atoms with Gasteiger partial charge in [0.05, 0.1) is 22.3 Å². The number of ether oxygens (including phenoxy) is 1. The topological polar surface area (TPSA) is 50.7 Å². The normalized spacial score (nSPS) is 18.9. The second-order valence-electron chi connectivity index (χ2n) is 8.07. The lowest BCUT2D eigenvalue weighted by atomic mass is 9.86. The van der Waals surface area contributed by atoms with Crippen LogP contribution >= 0.6 is 31.9 Å². The fourth-order valence-corrected chi connectivity index (χ4v) is 4.73.